The largest absolute Gasteiger partial charge is 0.507 e. The first kappa shape index (κ1) is 27.6. The minimum absolute atomic E-state index is 0. The molecule has 0 aliphatic carbocycles. The van der Waals surface area contributed by atoms with Crippen LogP contribution in [0.3, 0.4) is 0 Å². The van der Waals surface area contributed by atoms with Gasteiger partial charge in [0.1, 0.15) is 11.5 Å². The molecule has 1 saturated heterocycles. The number of hydrogen-bond donors (Lipinski definition) is 4. The van der Waals surface area contributed by atoms with Gasteiger partial charge in [-0.25, -0.2) is 0 Å². The van der Waals surface area contributed by atoms with Crippen molar-refractivity contribution in [3.8, 4) is 11.5 Å². The average molecular weight is 525 g/mol. The molecule has 4 rings (SSSR count). The van der Waals surface area contributed by atoms with Gasteiger partial charge in [-0.15, -0.1) is 12.4 Å². The van der Waals surface area contributed by atoms with E-state index >= 15 is 0 Å². The fraction of sp³-hybridized carbons (Fsp3) is 0.259. The first-order chi connectivity index (χ1) is 17.5. The molecule has 4 N–H and O–H groups in total. The number of halogens is 1. The van der Waals surface area contributed by atoms with Gasteiger partial charge in [-0.3, -0.25) is 19.4 Å². The molecule has 1 aliphatic heterocycles. The molecule has 0 radical (unpaired) electrons. The van der Waals surface area contributed by atoms with Crippen molar-refractivity contribution in [3.63, 3.8) is 0 Å². The second-order valence-corrected chi connectivity index (χ2v) is 8.53. The Kier molecular flexibility index (Phi) is 9.59. The lowest BCUT2D eigenvalue weighted by Gasteiger charge is -2.27. The lowest BCUT2D eigenvalue weighted by Crippen LogP contribution is -2.54. The molecule has 3 aromatic rings. The fourth-order valence-corrected chi connectivity index (χ4v) is 4.13. The van der Waals surface area contributed by atoms with Gasteiger partial charge in [-0.1, -0.05) is 12.1 Å². The predicted molar refractivity (Wildman–Crippen MR) is 141 cm³/mol. The average Bonchev–Trinajstić information content (AvgIpc) is 3.13. The topological polar surface area (TPSA) is 130 Å². The van der Waals surface area contributed by atoms with E-state index in [-0.39, 0.29) is 53.4 Å². The highest BCUT2D eigenvalue weighted by atomic mass is 35.5. The quantitative estimate of drug-likeness (QED) is 0.350. The summed E-state index contributed by atoms with van der Waals surface area (Å²) in [6, 6.07) is 13.4. The lowest BCUT2D eigenvalue weighted by molar-refractivity contribution is 0.0882. The van der Waals surface area contributed by atoms with Gasteiger partial charge < -0.3 is 25.8 Å². The summed E-state index contributed by atoms with van der Waals surface area (Å²) in [6.45, 7) is 1.32. The van der Waals surface area contributed by atoms with Gasteiger partial charge in [0.15, 0.2) is 5.78 Å². The van der Waals surface area contributed by atoms with Crippen LogP contribution in [0, 0.1) is 0 Å². The Morgan fingerprint density at radius 2 is 1.54 bits per heavy atom. The Morgan fingerprint density at radius 3 is 2.22 bits per heavy atom. The third-order valence-corrected chi connectivity index (χ3v) is 6.15. The predicted octanol–water partition coefficient (Wildman–Crippen LogP) is 2.73. The van der Waals surface area contributed by atoms with Gasteiger partial charge in [0, 0.05) is 35.6 Å². The number of carbonyl (C=O) groups excluding carboxylic acids is 3. The minimum atomic E-state index is -0.382. The molecule has 0 saturated carbocycles. The van der Waals surface area contributed by atoms with Crippen molar-refractivity contribution in [2.75, 3.05) is 20.2 Å². The molecule has 9 nitrogen and oxygen atoms in total. The number of aromatic hydroxyl groups is 1. The number of nitrogens with zero attached hydrogens (tertiary/aromatic N) is 1. The summed E-state index contributed by atoms with van der Waals surface area (Å²) in [5.41, 5.74) is 1.33. The van der Waals surface area contributed by atoms with Crippen molar-refractivity contribution < 1.29 is 24.2 Å². The van der Waals surface area contributed by atoms with E-state index in [2.05, 4.69) is 20.9 Å². The van der Waals surface area contributed by atoms with Crippen molar-refractivity contribution in [1.82, 2.24) is 20.9 Å². The van der Waals surface area contributed by atoms with E-state index in [0.717, 1.165) is 13.0 Å². The zero-order valence-corrected chi connectivity index (χ0v) is 21.1. The molecule has 37 heavy (non-hydrogen) atoms. The van der Waals surface area contributed by atoms with E-state index in [4.69, 9.17) is 4.74 Å². The Labute approximate surface area is 221 Å². The summed E-state index contributed by atoms with van der Waals surface area (Å²) < 4.78 is 5.14. The van der Waals surface area contributed by atoms with E-state index in [1.807, 2.05) is 0 Å². The molecular formula is C27H29ClN4O5. The number of carbonyl (C=O) groups is 3. The minimum Gasteiger partial charge on any atom is -0.507 e. The van der Waals surface area contributed by atoms with Gasteiger partial charge in [-0.05, 0) is 61.9 Å². The van der Waals surface area contributed by atoms with Crippen molar-refractivity contribution >= 4 is 30.0 Å². The molecule has 2 aromatic carbocycles. The fourth-order valence-electron chi connectivity index (χ4n) is 4.13. The summed E-state index contributed by atoms with van der Waals surface area (Å²) >= 11 is 0. The van der Waals surface area contributed by atoms with Crippen LogP contribution >= 0.6 is 12.4 Å². The third-order valence-electron chi connectivity index (χ3n) is 6.15. The van der Waals surface area contributed by atoms with Crippen molar-refractivity contribution in [2.45, 2.75) is 24.9 Å². The molecule has 0 spiro atoms. The van der Waals surface area contributed by atoms with Gasteiger partial charge in [-0.2, -0.15) is 0 Å². The number of nitrogens with one attached hydrogen (secondary N) is 3. The number of phenolic OH excluding ortho intramolecular Hbond substituents is 1. The second-order valence-electron chi connectivity index (χ2n) is 8.53. The van der Waals surface area contributed by atoms with E-state index in [1.165, 1.54) is 19.2 Å². The van der Waals surface area contributed by atoms with E-state index < -0.39 is 0 Å². The molecule has 1 aliphatic rings. The highest BCUT2D eigenvalue weighted by Crippen LogP contribution is 2.25. The highest BCUT2D eigenvalue weighted by molar-refractivity contribution is 6.11. The number of aromatic nitrogens is 1. The lowest BCUT2D eigenvalue weighted by atomic mass is 10.00. The summed E-state index contributed by atoms with van der Waals surface area (Å²) in [5, 5.41) is 19.4. The number of phenols is 1. The maximum atomic E-state index is 13.0. The Morgan fingerprint density at radius 1 is 0.919 bits per heavy atom. The van der Waals surface area contributed by atoms with Crippen LogP contribution in [0.5, 0.6) is 11.5 Å². The number of ether oxygens (including phenoxy) is 1. The number of hydrogen-bond acceptors (Lipinski definition) is 7. The molecule has 2 heterocycles. The summed E-state index contributed by atoms with van der Waals surface area (Å²) in [7, 11) is 1.48. The molecule has 2 atom stereocenters. The van der Waals surface area contributed by atoms with Crippen molar-refractivity contribution in [3.05, 3.63) is 89.2 Å². The molecule has 2 amide bonds. The van der Waals surface area contributed by atoms with Crippen molar-refractivity contribution in [1.29, 1.82) is 0 Å². The molecule has 10 heteroatoms. The van der Waals surface area contributed by atoms with Crippen LogP contribution in [0.25, 0.3) is 0 Å². The maximum Gasteiger partial charge on any atom is 0.251 e. The Hall–Kier alpha value is -3.95. The zero-order chi connectivity index (χ0) is 25.5. The molecular weight excluding hydrogens is 496 g/mol. The summed E-state index contributed by atoms with van der Waals surface area (Å²) in [5.74, 6) is -0.602. The van der Waals surface area contributed by atoms with E-state index in [1.54, 1.807) is 54.9 Å². The number of benzene rings is 2. The van der Waals surface area contributed by atoms with Crippen molar-refractivity contribution in [2.24, 2.45) is 0 Å². The SMILES string of the molecule is COc1ccc(O)c(C(=O)c2ccc(C(=O)N[C@@H]3CCCNC[C@H]3NC(=O)c3ccncc3)cc2)c1.Cl. The monoisotopic (exact) mass is 524 g/mol. The van der Waals surface area contributed by atoms with Crippen LogP contribution < -0.4 is 20.7 Å². The van der Waals surface area contributed by atoms with Gasteiger partial charge in [0.25, 0.3) is 11.8 Å². The number of methoxy groups -OCH3 is 1. The first-order valence-corrected chi connectivity index (χ1v) is 11.7. The molecule has 1 fully saturated rings. The number of rotatable bonds is 7. The van der Waals surface area contributed by atoms with E-state index in [0.29, 0.717) is 35.4 Å². The number of ketones is 1. The van der Waals surface area contributed by atoms with Gasteiger partial charge in [0.05, 0.1) is 24.8 Å². The van der Waals surface area contributed by atoms with Crippen LogP contribution in [0.4, 0.5) is 0 Å². The van der Waals surface area contributed by atoms with Crippen LogP contribution in [0.15, 0.2) is 67.0 Å². The molecule has 1 aromatic heterocycles. The highest BCUT2D eigenvalue weighted by Gasteiger charge is 2.27. The van der Waals surface area contributed by atoms with E-state index in [9.17, 15) is 19.5 Å². The molecule has 0 unspecified atom stereocenters. The first-order valence-electron chi connectivity index (χ1n) is 11.7. The van der Waals surface area contributed by atoms with Crippen LogP contribution in [0.2, 0.25) is 0 Å². The molecule has 0 bridgehead atoms. The van der Waals surface area contributed by atoms with Crippen LogP contribution in [-0.4, -0.2) is 60.0 Å². The number of amides is 2. The van der Waals surface area contributed by atoms with Crippen LogP contribution in [-0.2, 0) is 0 Å². The summed E-state index contributed by atoms with van der Waals surface area (Å²) in [4.78, 5) is 42.5. The maximum absolute atomic E-state index is 13.0. The Balaban J connectivity index is 0.00000380. The third kappa shape index (κ3) is 6.84. The number of pyridine rings is 1. The standard InChI is InChI=1S/C27H28N4O5.ClH/c1-36-20-8-9-24(32)21(15-20)25(33)17-4-6-18(7-5-17)26(34)30-22-3-2-12-29-16-23(22)31-27(35)19-10-13-28-14-11-19;/h4-11,13-15,22-23,29,32H,2-3,12,16H2,1H3,(H,30,34)(H,31,35);1H/t22-,23-;/m1./s1. The normalized spacial score (nSPS) is 17.0. The van der Waals surface area contributed by atoms with Gasteiger partial charge in [0.2, 0.25) is 0 Å². The molecule has 194 valence electrons. The zero-order valence-electron chi connectivity index (χ0n) is 20.3. The van der Waals surface area contributed by atoms with Gasteiger partial charge >= 0.3 is 0 Å². The summed E-state index contributed by atoms with van der Waals surface area (Å²) in [6.07, 6.45) is 4.67. The Bertz CT molecular complexity index is 1240. The van der Waals surface area contributed by atoms with Crippen LogP contribution in [0.1, 0.15) is 49.5 Å². The second kappa shape index (κ2) is 12.8. The smallest absolute Gasteiger partial charge is 0.251 e.